The number of benzene rings is 1. The summed E-state index contributed by atoms with van der Waals surface area (Å²) in [5.41, 5.74) is 0.183. The van der Waals surface area contributed by atoms with Crippen molar-refractivity contribution in [3.8, 4) is 0 Å². The molecule has 1 atom stereocenters. The predicted octanol–water partition coefficient (Wildman–Crippen LogP) is 2.70. The van der Waals surface area contributed by atoms with Gasteiger partial charge in [0.15, 0.2) is 0 Å². The van der Waals surface area contributed by atoms with Crippen LogP contribution in [-0.4, -0.2) is 10.7 Å². The van der Waals surface area contributed by atoms with Crippen LogP contribution in [0.4, 0.5) is 4.39 Å². The van der Waals surface area contributed by atoms with E-state index in [-0.39, 0.29) is 5.82 Å². The number of hydrogen-bond donors (Lipinski definition) is 1. The summed E-state index contributed by atoms with van der Waals surface area (Å²) in [6.45, 7) is 5.26. The Bertz CT molecular complexity index is 301. The van der Waals surface area contributed by atoms with Gasteiger partial charge in [-0.1, -0.05) is 18.2 Å². The Balaban J connectivity index is 2.54. The summed E-state index contributed by atoms with van der Waals surface area (Å²) in [6.07, 6.45) is 2.85. The fraction of sp³-hybridized carbons (Fsp3) is 0.333. The quantitative estimate of drug-likeness (QED) is 0.731. The molecule has 1 N–H and O–H groups in total. The lowest BCUT2D eigenvalue weighted by molar-refractivity contribution is 0.103. The van der Waals surface area contributed by atoms with Gasteiger partial charge < -0.3 is 5.11 Å². The van der Waals surface area contributed by atoms with Crippen LogP contribution in [0.2, 0.25) is 0 Å². The second-order valence-corrected chi connectivity index (χ2v) is 3.69. The zero-order valence-corrected chi connectivity index (χ0v) is 8.33. The van der Waals surface area contributed by atoms with Crippen LogP contribution >= 0.6 is 0 Å². The van der Waals surface area contributed by atoms with Gasteiger partial charge in [-0.2, -0.15) is 0 Å². The monoisotopic (exact) mass is 194 g/mol. The van der Waals surface area contributed by atoms with Crippen molar-refractivity contribution < 1.29 is 9.50 Å². The van der Waals surface area contributed by atoms with Crippen LogP contribution in [0.15, 0.2) is 36.9 Å². The van der Waals surface area contributed by atoms with Crippen molar-refractivity contribution in [1.29, 1.82) is 0 Å². The molecular formula is C12H15FO. The summed E-state index contributed by atoms with van der Waals surface area (Å²) >= 11 is 0. The van der Waals surface area contributed by atoms with Crippen LogP contribution in [0.3, 0.4) is 0 Å². The molecule has 0 fully saturated rings. The minimum atomic E-state index is -0.839. The molecule has 1 rings (SSSR count). The third-order valence-corrected chi connectivity index (χ3v) is 2.27. The van der Waals surface area contributed by atoms with Crippen LogP contribution in [0.25, 0.3) is 0 Å². The SMILES string of the molecule is C=CC(C)(O)CCc1ccc(F)cc1. The molecule has 0 saturated heterocycles. The summed E-state index contributed by atoms with van der Waals surface area (Å²) in [5.74, 6) is -0.232. The zero-order chi connectivity index (χ0) is 10.6. The lowest BCUT2D eigenvalue weighted by Gasteiger charge is -2.17. The van der Waals surface area contributed by atoms with Crippen molar-refractivity contribution in [3.63, 3.8) is 0 Å². The van der Waals surface area contributed by atoms with Gasteiger partial charge in [0.25, 0.3) is 0 Å². The fourth-order valence-electron chi connectivity index (χ4n) is 1.15. The summed E-state index contributed by atoms with van der Waals surface area (Å²) < 4.78 is 12.6. The first-order valence-corrected chi connectivity index (χ1v) is 4.64. The molecular weight excluding hydrogens is 179 g/mol. The van der Waals surface area contributed by atoms with E-state index >= 15 is 0 Å². The third kappa shape index (κ3) is 3.30. The van der Waals surface area contributed by atoms with Crippen molar-refractivity contribution in [3.05, 3.63) is 48.3 Å². The third-order valence-electron chi connectivity index (χ3n) is 2.27. The van der Waals surface area contributed by atoms with E-state index in [2.05, 4.69) is 6.58 Å². The highest BCUT2D eigenvalue weighted by Crippen LogP contribution is 2.15. The molecule has 1 aromatic rings. The van der Waals surface area contributed by atoms with Crippen LogP contribution in [0.5, 0.6) is 0 Å². The van der Waals surface area contributed by atoms with Gasteiger partial charge in [0, 0.05) is 0 Å². The van der Waals surface area contributed by atoms with Crippen molar-refractivity contribution in [2.75, 3.05) is 0 Å². The molecule has 0 saturated carbocycles. The molecule has 1 aromatic carbocycles. The molecule has 0 heterocycles. The molecule has 0 aliphatic rings. The van der Waals surface area contributed by atoms with E-state index in [1.807, 2.05) is 0 Å². The highest BCUT2D eigenvalue weighted by molar-refractivity contribution is 5.16. The predicted molar refractivity (Wildman–Crippen MR) is 55.5 cm³/mol. The number of hydrogen-bond acceptors (Lipinski definition) is 1. The molecule has 14 heavy (non-hydrogen) atoms. The van der Waals surface area contributed by atoms with Crippen molar-refractivity contribution in [2.45, 2.75) is 25.4 Å². The molecule has 1 nitrogen and oxygen atoms in total. The molecule has 0 bridgehead atoms. The summed E-state index contributed by atoms with van der Waals surface area (Å²) in [4.78, 5) is 0. The Labute approximate surface area is 83.9 Å². The molecule has 0 spiro atoms. The highest BCUT2D eigenvalue weighted by Gasteiger charge is 2.14. The molecule has 0 aromatic heterocycles. The lowest BCUT2D eigenvalue weighted by atomic mass is 9.97. The van der Waals surface area contributed by atoms with Crippen LogP contribution in [0, 0.1) is 5.82 Å². The minimum Gasteiger partial charge on any atom is -0.386 e. The Kier molecular flexibility index (Phi) is 3.42. The highest BCUT2D eigenvalue weighted by atomic mass is 19.1. The van der Waals surface area contributed by atoms with Crippen molar-refractivity contribution in [1.82, 2.24) is 0 Å². The first-order chi connectivity index (χ1) is 6.53. The second-order valence-electron chi connectivity index (χ2n) is 3.69. The fourth-order valence-corrected chi connectivity index (χ4v) is 1.15. The first-order valence-electron chi connectivity index (χ1n) is 4.64. The summed E-state index contributed by atoms with van der Waals surface area (Å²) in [5, 5.41) is 9.65. The molecule has 0 aliphatic carbocycles. The number of rotatable bonds is 4. The molecule has 1 unspecified atom stereocenters. The molecule has 0 amide bonds. The van der Waals surface area contributed by atoms with E-state index in [1.54, 1.807) is 19.1 Å². The number of halogens is 1. The van der Waals surface area contributed by atoms with Crippen LogP contribution in [-0.2, 0) is 6.42 Å². The largest absolute Gasteiger partial charge is 0.386 e. The van der Waals surface area contributed by atoms with E-state index in [9.17, 15) is 9.50 Å². The van der Waals surface area contributed by atoms with Gasteiger partial charge >= 0.3 is 0 Å². The van der Waals surface area contributed by atoms with Gasteiger partial charge in [-0.25, -0.2) is 4.39 Å². The zero-order valence-electron chi connectivity index (χ0n) is 8.33. The van der Waals surface area contributed by atoms with Gasteiger partial charge in [-0.15, -0.1) is 6.58 Å². The Morgan fingerprint density at radius 2 is 2.00 bits per heavy atom. The number of aryl methyl sites for hydroxylation is 1. The topological polar surface area (TPSA) is 20.2 Å². The van der Waals surface area contributed by atoms with Crippen molar-refractivity contribution >= 4 is 0 Å². The van der Waals surface area contributed by atoms with Gasteiger partial charge in [-0.3, -0.25) is 0 Å². The second kappa shape index (κ2) is 4.38. The maximum Gasteiger partial charge on any atom is 0.123 e. The lowest BCUT2D eigenvalue weighted by Crippen LogP contribution is -2.20. The van der Waals surface area contributed by atoms with Gasteiger partial charge in [0.2, 0.25) is 0 Å². The Morgan fingerprint density at radius 3 is 2.50 bits per heavy atom. The Morgan fingerprint density at radius 1 is 1.43 bits per heavy atom. The maximum absolute atomic E-state index is 12.6. The standard InChI is InChI=1S/C12H15FO/c1-3-12(2,14)9-8-10-4-6-11(13)7-5-10/h3-7,14H,1,8-9H2,2H3. The normalized spacial score (nSPS) is 14.8. The Hall–Kier alpha value is -1.15. The van der Waals surface area contributed by atoms with Gasteiger partial charge in [0.1, 0.15) is 5.82 Å². The molecule has 76 valence electrons. The average Bonchev–Trinajstić information content (AvgIpc) is 2.17. The van der Waals surface area contributed by atoms with Gasteiger partial charge in [0.05, 0.1) is 5.60 Å². The molecule has 2 heteroatoms. The maximum atomic E-state index is 12.6. The number of aliphatic hydroxyl groups is 1. The van der Waals surface area contributed by atoms with Gasteiger partial charge in [-0.05, 0) is 37.5 Å². The smallest absolute Gasteiger partial charge is 0.123 e. The van der Waals surface area contributed by atoms with Crippen molar-refractivity contribution in [2.24, 2.45) is 0 Å². The molecule has 0 aliphatic heterocycles. The van der Waals surface area contributed by atoms with Crippen LogP contribution < -0.4 is 0 Å². The van der Waals surface area contributed by atoms with E-state index in [4.69, 9.17) is 0 Å². The van der Waals surface area contributed by atoms with E-state index < -0.39 is 5.60 Å². The van der Waals surface area contributed by atoms with E-state index in [0.29, 0.717) is 6.42 Å². The first kappa shape index (κ1) is 10.9. The van der Waals surface area contributed by atoms with E-state index in [0.717, 1.165) is 12.0 Å². The average molecular weight is 194 g/mol. The van der Waals surface area contributed by atoms with Crippen LogP contribution in [0.1, 0.15) is 18.9 Å². The summed E-state index contributed by atoms with van der Waals surface area (Å²) in [6, 6.07) is 6.32. The minimum absolute atomic E-state index is 0.232. The summed E-state index contributed by atoms with van der Waals surface area (Å²) in [7, 11) is 0. The molecule has 0 radical (unpaired) electrons. The van der Waals surface area contributed by atoms with E-state index in [1.165, 1.54) is 18.2 Å².